The molecule has 0 fully saturated rings. The zero-order valence-corrected chi connectivity index (χ0v) is 18.0. The van der Waals surface area contributed by atoms with Gasteiger partial charge in [0.1, 0.15) is 11.6 Å². The molecule has 0 saturated heterocycles. The molecule has 5 rings (SSSR count). The lowest BCUT2D eigenvalue weighted by Gasteiger charge is -2.24. The minimum Gasteiger partial charge on any atom is -0.494 e. The van der Waals surface area contributed by atoms with Gasteiger partial charge in [0.25, 0.3) is 0 Å². The van der Waals surface area contributed by atoms with E-state index in [0.717, 1.165) is 32.8 Å². The largest absolute Gasteiger partial charge is 0.494 e. The van der Waals surface area contributed by atoms with Gasteiger partial charge in [0.2, 0.25) is 11.0 Å². The predicted octanol–water partition coefficient (Wildman–Crippen LogP) is 5.32. The Morgan fingerprint density at radius 1 is 1.27 bits per heavy atom. The number of hydrogen-bond acceptors (Lipinski definition) is 5. The molecule has 6 nitrogen and oxygen atoms in total. The van der Waals surface area contributed by atoms with Crippen LogP contribution in [-0.4, -0.2) is 27.3 Å². The molecule has 0 spiro atoms. The average molecular weight is 439 g/mol. The maximum Gasteiger partial charge on any atom is 0.226 e. The molecule has 1 N–H and O–H groups in total. The van der Waals surface area contributed by atoms with Crippen molar-refractivity contribution < 1.29 is 9.53 Å². The number of carbonyl (C=O) groups is 1. The number of ether oxygens (including phenoxy) is 1. The summed E-state index contributed by atoms with van der Waals surface area (Å²) in [5.41, 5.74) is 3.81. The van der Waals surface area contributed by atoms with Crippen LogP contribution in [0, 0.1) is 6.92 Å². The number of carbonyl (C=O) groups excluding carboxylic acids is 1. The molecule has 0 saturated carbocycles. The number of nitrogens with one attached hydrogen (secondary N) is 1. The van der Waals surface area contributed by atoms with E-state index in [-0.39, 0.29) is 11.8 Å². The van der Waals surface area contributed by atoms with Crippen LogP contribution >= 0.6 is 22.9 Å². The molecule has 0 bridgehead atoms. The molecule has 0 aliphatic carbocycles. The fourth-order valence-corrected chi connectivity index (χ4v) is 4.98. The topological polar surface area (TPSA) is 69.0 Å². The Morgan fingerprint density at radius 3 is 2.83 bits per heavy atom. The van der Waals surface area contributed by atoms with E-state index in [1.807, 2.05) is 56.3 Å². The van der Waals surface area contributed by atoms with Gasteiger partial charge in [0.05, 0.1) is 22.5 Å². The number of hydrogen-bond donors (Lipinski definition) is 1. The summed E-state index contributed by atoms with van der Waals surface area (Å²) < 4.78 is 8.35. The van der Waals surface area contributed by atoms with Gasteiger partial charge < -0.3 is 10.1 Å². The first-order valence-corrected chi connectivity index (χ1v) is 10.9. The van der Waals surface area contributed by atoms with E-state index < -0.39 is 0 Å². The van der Waals surface area contributed by atoms with Gasteiger partial charge in [-0.2, -0.15) is 9.78 Å². The first kappa shape index (κ1) is 19.1. The fraction of sp³-hybridized carbons (Fsp3) is 0.227. The van der Waals surface area contributed by atoms with E-state index in [4.69, 9.17) is 26.4 Å². The lowest BCUT2D eigenvalue weighted by atomic mass is 9.86. The van der Waals surface area contributed by atoms with E-state index in [1.165, 1.54) is 11.3 Å². The molecular formula is C22H19ClN4O2S. The molecule has 152 valence electrons. The molecule has 0 radical (unpaired) electrons. The first-order chi connectivity index (χ1) is 14.5. The molecule has 1 aliphatic heterocycles. The Kier molecular flexibility index (Phi) is 4.72. The third-order valence-electron chi connectivity index (χ3n) is 5.22. The molecule has 1 atom stereocenters. The highest BCUT2D eigenvalue weighted by Gasteiger charge is 2.33. The summed E-state index contributed by atoms with van der Waals surface area (Å²) in [6, 6.07) is 13.5. The van der Waals surface area contributed by atoms with E-state index >= 15 is 0 Å². The predicted molar refractivity (Wildman–Crippen MR) is 119 cm³/mol. The van der Waals surface area contributed by atoms with Crippen molar-refractivity contribution >= 4 is 44.9 Å². The number of aryl methyl sites for hydroxylation is 1. The normalized spacial score (nSPS) is 15.8. The molecule has 2 aromatic heterocycles. The number of amides is 1. The zero-order valence-electron chi connectivity index (χ0n) is 16.5. The van der Waals surface area contributed by atoms with Gasteiger partial charge in [0, 0.05) is 22.9 Å². The Morgan fingerprint density at radius 2 is 2.07 bits per heavy atom. The highest BCUT2D eigenvalue weighted by Crippen LogP contribution is 2.41. The second kappa shape index (κ2) is 7.41. The maximum atomic E-state index is 12.5. The van der Waals surface area contributed by atoms with Crippen molar-refractivity contribution in [2.24, 2.45) is 0 Å². The van der Waals surface area contributed by atoms with Crippen LogP contribution in [-0.2, 0) is 4.79 Å². The van der Waals surface area contributed by atoms with Gasteiger partial charge in [-0.15, -0.1) is 0 Å². The highest BCUT2D eigenvalue weighted by atomic mass is 35.5. The number of anilines is 1. The minimum atomic E-state index is -0.0706. The van der Waals surface area contributed by atoms with E-state index in [9.17, 15) is 4.79 Å². The summed E-state index contributed by atoms with van der Waals surface area (Å²) in [6.07, 6.45) is 0.374. The van der Waals surface area contributed by atoms with Gasteiger partial charge in [-0.1, -0.05) is 35.1 Å². The molecule has 2 aromatic carbocycles. The number of thiazole rings is 1. The second-order valence-electron chi connectivity index (χ2n) is 7.17. The van der Waals surface area contributed by atoms with Crippen LogP contribution < -0.4 is 10.1 Å². The van der Waals surface area contributed by atoms with Crippen LogP contribution in [0.25, 0.3) is 15.3 Å². The Hall–Kier alpha value is -2.90. The van der Waals surface area contributed by atoms with Crippen molar-refractivity contribution in [1.82, 2.24) is 14.8 Å². The number of benzene rings is 2. The van der Waals surface area contributed by atoms with Crippen LogP contribution in [0.1, 0.15) is 36.1 Å². The number of halogens is 1. The van der Waals surface area contributed by atoms with Crippen LogP contribution in [0.2, 0.25) is 5.02 Å². The average Bonchev–Trinajstić information content (AvgIpc) is 3.29. The molecule has 4 aromatic rings. The Balaban J connectivity index is 1.61. The van der Waals surface area contributed by atoms with Crippen molar-refractivity contribution in [1.29, 1.82) is 0 Å². The van der Waals surface area contributed by atoms with Crippen LogP contribution in [0.4, 0.5) is 5.82 Å². The molecule has 1 amide bonds. The Bertz CT molecular complexity index is 1260. The lowest BCUT2D eigenvalue weighted by molar-refractivity contribution is -0.116. The van der Waals surface area contributed by atoms with Crippen molar-refractivity contribution in [2.45, 2.75) is 26.2 Å². The van der Waals surface area contributed by atoms with Crippen LogP contribution in [0.15, 0.2) is 42.5 Å². The van der Waals surface area contributed by atoms with Gasteiger partial charge in [0.15, 0.2) is 0 Å². The minimum absolute atomic E-state index is 0.0386. The van der Waals surface area contributed by atoms with Gasteiger partial charge in [-0.05, 0) is 49.7 Å². The van der Waals surface area contributed by atoms with Crippen molar-refractivity contribution in [3.63, 3.8) is 0 Å². The Labute approximate surface area is 182 Å². The van der Waals surface area contributed by atoms with Crippen LogP contribution in [0.3, 0.4) is 0 Å². The SMILES string of the molecule is CCOc1ccc2nc(-n3nc(C)c4c3NC(=O)C[C@@H]4c3ccc(Cl)cc3)sc2c1. The summed E-state index contributed by atoms with van der Waals surface area (Å²) in [5.74, 6) is 1.39. The summed E-state index contributed by atoms with van der Waals surface area (Å²) in [5, 5.41) is 9.13. The summed E-state index contributed by atoms with van der Waals surface area (Å²) >= 11 is 7.57. The quantitative estimate of drug-likeness (QED) is 0.468. The molecule has 1 aliphatic rings. The third-order valence-corrected chi connectivity index (χ3v) is 6.46. The monoisotopic (exact) mass is 438 g/mol. The van der Waals surface area contributed by atoms with Crippen molar-refractivity contribution in [2.75, 3.05) is 11.9 Å². The highest BCUT2D eigenvalue weighted by molar-refractivity contribution is 7.20. The number of nitrogens with zero attached hydrogens (tertiary/aromatic N) is 3. The van der Waals surface area contributed by atoms with Gasteiger partial charge >= 0.3 is 0 Å². The van der Waals surface area contributed by atoms with Gasteiger partial charge in [-0.25, -0.2) is 4.98 Å². The van der Waals surface area contributed by atoms with E-state index in [2.05, 4.69) is 5.32 Å². The molecular weight excluding hydrogens is 420 g/mol. The molecule has 0 unspecified atom stereocenters. The third kappa shape index (κ3) is 3.24. The van der Waals surface area contributed by atoms with E-state index in [1.54, 1.807) is 4.68 Å². The lowest BCUT2D eigenvalue weighted by Crippen LogP contribution is -2.24. The van der Waals surface area contributed by atoms with Gasteiger partial charge in [-0.3, -0.25) is 4.79 Å². The van der Waals surface area contributed by atoms with Crippen molar-refractivity contribution in [3.05, 3.63) is 64.3 Å². The zero-order chi connectivity index (χ0) is 20.8. The van der Waals surface area contributed by atoms with Crippen LogP contribution in [0.5, 0.6) is 5.75 Å². The van der Waals surface area contributed by atoms with Crippen molar-refractivity contribution in [3.8, 4) is 10.9 Å². The number of aromatic nitrogens is 3. The second-order valence-corrected chi connectivity index (χ2v) is 8.62. The summed E-state index contributed by atoms with van der Waals surface area (Å²) in [4.78, 5) is 17.3. The standard InChI is InChI=1S/C22H19ClN4O2S/c1-3-29-15-8-9-17-18(10-15)30-22(24-17)27-21-20(12(2)26-27)16(11-19(28)25-21)13-4-6-14(23)7-5-13/h4-10,16H,3,11H2,1-2H3,(H,25,28)/t16-/m1/s1. The molecule has 30 heavy (non-hydrogen) atoms. The number of fused-ring (bicyclic) bond motifs is 2. The molecule has 3 heterocycles. The summed E-state index contributed by atoms with van der Waals surface area (Å²) in [7, 11) is 0. The first-order valence-electron chi connectivity index (χ1n) is 9.72. The fourth-order valence-electron chi connectivity index (χ4n) is 3.91. The number of rotatable bonds is 4. The van der Waals surface area contributed by atoms with E-state index in [0.29, 0.717) is 29.0 Å². The smallest absolute Gasteiger partial charge is 0.226 e. The maximum absolute atomic E-state index is 12.5. The summed E-state index contributed by atoms with van der Waals surface area (Å²) in [6.45, 7) is 4.54. The molecule has 8 heteroatoms.